The number of carbonyl (C=O) groups is 1. The van der Waals surface area contributed by atoms with E-state index < -0.39 is 10.0 Å². The van der Waals surface area contributed by atoms with Gasteiger partial charge >= 0.3 is 0 Å². The number of para-hydroxylation sites is 1. The minimum Gasteiger partial charge on any atom is -0.352 e. The predicted molar refractivity (Wildman–Crippen MR) is 118 cm³/mol. The third-order valence-corrected chi connectivity index (χ3v) is 7.65. The zero-order chi connectivity index (χ0) is 21.1. The lowest BCUT2D eigenvalue weighted by molar-refractivity contribution is 0.0952. The molecule has 2 aromatic carbocycles. The van der Waals surface area contributed by atoms with Crippen molar-refractivity contribution >= 4 is 38.4 Å². The van der Waals surface area contributed by atoms with Gasteiger partial charge < -0.3 is 9.88 Å². The third kappa shape index (κ3) is 4.24. The molecule has 0 unspecified atom stereocenters. The Morgan fingerprint density at radius 3 is 2.63 bits per heavy atom. The van der Waals surface area contributed by atoms with Gasteiger partial charge in [-0.2, -0.15) is 4.31 Å². The molecule has 0 aliphatic carbocycles. The van der Waals surface area contributed by atoms with E-state index in [1.54, 1.807) is 0 Å². The van der Waals surface area contributed by atoms with Crippen LogP contribution in [0.25, 0.3) is 10.9 Å². The molecule has 1 aromatic heterocycles. The van der Waals surface area contributed by atoms with Crippen molar-refractivity contribution in [3.05, 3.63) is 65.3 Å². The summed E-state index contributed by atoms with van der Waals surface area (Å²) in [6.45, 7) is 2.26. The van der Waals surface area contributed by atoms with Crippen LogP contribution in [0.15, 0.2) is 59.6 Å². The highest BCUT2D eigenvalue weighted by Crippen LogP contribution is 2.25. The number of halogens is 1. The van der Waals surface area contributed by atoms with E-state index in [9.17, 15) is 13.2 Å². The summed E-state index contributed by atoms with van der Waals surface area (Å²) in [7, 11) is -3.60. The average molecular weight is 446 g/mol. The van der Waals surface area contributed by atoms with E-state index in [0.717, 1.165) is 31.3 Å². The standard InChI is InChI=1S/C22H24ClN3O3S/c23-20-9-8-18(30(28,29)26-13-3-4-14-26)16-19(20)22(27)24-11-5-12-25-15-10-17-6-1-2-7-21(17)25/h1-2,6-10,15-16H,3-5,11-14H2,(H,24,27). The molecule has 3 aromatic rings. The third-order valence-electron chi connectivity index (χ3n) is 5.43. The quantitative estimate of drug-likeness (QED) is 0.560. The zero-order valence-electron chi connectivity index (χ0n) is 16.6. The summed E-state index contributed by atoms with van der Waals surface area (Å²) < 4.78 is 29.1. The summed E-state index contributed by atoms with van der Waals surface area (Å²) in [5.74, 6) is -0.365. The van der Waals surface area contributed by atoms with E-state index >= 15 is 0 Å². The molecule has 1 N–H and O–H groups in total. The van der Waals surface area contributed by atoms with E-state index in [1.165, 1.54) is 27.9 Å². The molecule has 158 valence electrons. The molecule has 1 amide bonds. The Labute approximate surface area is 181 Å². The van der Waals surface area contributed by atoms with Crippen molar-refractivity contribution in [3.63, 3.8) is 0 Å². The molecule has 0 atom stereocenters. The number of fused-ring (bicyclic) bond motifs is 1. The van der Waals surface area contributed by atoms with Crippen molar-refractivity contribution < 1.29 is 13.2 Å². The summed E-state index contributed by atoms with van der Waals surface area (Å²) in [5, 5.41) is 4.28. The fourth-order valence-electron chi connectivity index (χ4n) is 3.80. The first-order chi connectivity index (χ1) is 14.5. The summed E-state index contributed by atoms with van der Waals surface area (Å²) in [6, 6.07) is 14.5. The van der Waals surface area contributed by atoms with E-state index in [4.69, 9.17) is 11.6 Å². The van der Waals surface area contributed by atoms with Gasteiger partial charge in [0.25, 0.3) is 5.91 Å². The van der Waals surface area contributed by atoms with Gasteiger partial charge in [-0.1, -0.05) is 29.8 Å². The SMILES string of the molecule is O=C(NCCCn1ccc2ccccc21)c1cc(S(=O)(=O)N2CCCC2)ccc1Cl. The first-order valence-corrected chi connectivity index (χ1v) is 11.9. The molecule has 8 heteroatoms. The van der Waals surface area contributed by atoms with Crippen LogP contribution < -0.4 is 5.32 Å². The number of hydrogen-bond donors (Lipinski definition) is 1. The number of rotatable bonds is 7. The summed E-state index contributed by atoms with van der Waals surface area (Å²) in [5.41, 5.74) is 1.34. The van der Waals surface area contributed by atoms with Crippen LogP contribution in [0.1, 0.15) is 29.6 Å². The second kappa shape index (κ2) is 8.79. The number of nitrogens with one attached hydrogen (secondary N) is 1. The van der Waals surface area contributed by atoms with Crippen molar-refractivity contribution in [3.8, 4) is 0 Å². The fraction of sp³-hybridized carbons (Fsp3) is 0.318. The van der Waals surface area contributed by atoms with Crippen LogP contribution in [0.4, 0.5) is 0 Å². The Bertz CT molecular complexity index is 1170. The molecule has 0 saturated carbocycles. The van der Waals surface area contributed by atoms with Crippen molar-refractivity contribution in [1.82, 2.24) is 14.2 Å². The maximum absolute atomic E-state index is 12.8. The van der Waals surface area contributed by atoms with Crippen LogP contribution in [0.5, 0.6) is 0 Å². The van der Waals surface area contributed by atoms with Crippen molar-refractivity contribution in [2.24, 2.45) is 0 Å². The Hall–Kier alpha value is -2.35. The Morgan fingerprint density at radius 2 is 1.83 bits per heavy atom. The number of carbonyl (C=O) groups excluding carboxylic acids is 1. The predicted octanol–water partition coefficient (Wildman–Crippen LogP) is 3.90. The highest BCUT2D eigenvalue weighted by molar-refractivity contribution is 7.89. The van der Waals surface area contributed by atoms with E-state index in [1.807, 2.05) is 18.3 Å². The smallest absolute Gasteiger partial charge is 0.252 e. The average Bonchev–Trinajstić information content (AvgIpc) is 3.42. The minimum absolute atomic E-state index is 0.109. The minimum atomic E-state index is -3.60. The van der Waals surface area contributed by atoms with Gasteiger partial charge in [0.1, 0.15) is 0 Å². The monoisotopic (exact) mass is 445 g/mol. The van der Waals surface area contributed by atoms with Crippen LogP contribution in [0.3, 0.4) is 0 Å². The largest absolute Gasteiger partial charge is 0.352 e. The molecular weight excluding hydrogens is 422 g/mol. The zero-order valence-corrected chi connectivity index (χ0v) is 18.1. The van der Waals surface area contributed by atoms with Crippen molar-refractivity contribution in [1.29, 1.82) is 0 Å². The summed E-state index contributed by atoms with van der Waals surface area (Å²) in [4.78, 5) is 12.7. The van der Waals surface area contributed by atoms with Gasteiger partial charge in [0.05, 0.1) is 15.5 Å². The number of aromatic nitrogens is 1. The lowest BCUT2D eigenvalue weighted by Crippen LogP contribution is -2.29. The number of amides is 1. The first kappa shape index (κ1) is 20.9. The lowest BCUT2D eigenvalue weighted by Gasteiger charge is -2.16. The van der Waals surface area contributed by atoms with Gasteiger partial charge in [0, 0.05) is 37.9 Å². The van der Waals surface area contributed by atoms with E-state index in [0.29, 0.717) is 19.6 Å². The van der Waals surface area contributed by atoms with Gasteiger partial charge in [-0.05, 0) is 55.0 Å². The van der Waals surface area contributed by atoms with Gasteiger partial charge in [-0.3, -0.25) is 4.79 Å². The van der Waals surface area contributed by atoms with Gasteiger partial charge in [0.15, 0.2) is 0 Å². The summed E-state index contributed by atoms with van der Waals surface area (Å²) >= 11 is 6.19. The van der Waals surface area contributed by atoms with E-state index in [2.05, 4.69) is 28.1 Å². The van der Waals surface area contributed by atoms with Crippen LogP contribution in [-0.4, -0.2) is 42.8 Å². The topological polar surface area (TPSA) is 71.4 Å². The normalized spacial score (nSPS) is 15.0. The molecule has 30 heavy (non-hydrogen) atoms. The second-order valence-electron chi connectivity index (χ2n) is 7.43. The molecule has 2 heterocycles. The Balaban J connectivity index is 1.39. The van der Waals surface area contributed by atoms with E-state index in [-0.39, 0.29) is 21.4 Å². The fourth-order valence-corrected chi connectivity index (χ4v) is 5.55. The maximum atomic E-state index is 12.8. The summed E-state index contributed by atoms with van der Waals surface area (Å²) in [6.07, 6.45) is 4.50. The lowest BCUT2D eigenvalue weighted by atomic mass is 10.2. The molecule has 1 fully saturated rings. The second-order valence-corrected chi connectivity index (χ2v) is 9.78. The van der Waals surface area contributed by atoms with Crippen molar-refractivity contribution in [2.45, 2.75) is 30.7 Å². The molecule has 0 spiro atoms. The van der Waals surface area contributed by atoms with Gasteiger partial charge in [-0.25, -0.2) is 8.42 Å². The highest BCUT2D eigenvalue weighted by atomic mass is 35.5. The Kier molecular flexibility index (Phi) is 6.13. The van der Waals surface area contributed by atoms with Gasteiger partial charge in [0.2, 0.25) is 10.0 Å². The number of benzene rings is 2. The number of nitrogens with zero attached hydrogens (tertiary/aromatic N) is 2. The van der Waals surface area contributed by atoms with Crippen LogP contribution in [-0.2, 0) is 16.6 Å². The molecule has 4 rings (SSSR count). The van der Waals surface area contributed by atoms with Crippen LogP contribution >= 0.6 is 11.6 Å². The maximum Gasteiger partial charge on any atom is 0.252 e. The molecule has 1 aliphatic rings. The van der Waals surface area contributed by atoms with Gasteiger partial charge in [-0.15, -0.1) is 0 Å². The molecule has 0 bridgehead atoms. The Morgan fingerprint density at radius 1 is 1.07 bits per heavy atom. The highest BCUT2D eigenvalue weighted by Gasteiger charge is 2.28. The molecule has 1 saturated heterocycles. The number of sulfonamides is 1. The number of aryl methyl sites for hydroxylation is 1. The van der Waals surface area contributed by atoms with Crippen LogP contribution in [0.2, 0.25) is 5.02 Å². The number of hydrogen-bond acceptors (Lipinski definition) is 3. The molecule has 0 radical (unpaired) electrons. The first-order valence-electron chi connectivity index (χ1n) is 10.1. The van der Waals surface area contributed by atoms with Crippen LogP contribution in [0, 0.1) is 0 Å². The molecule has 1 aliphatic heterocycles. The molecular formula is C22H24ClN3O3S. The molecule has 6 nitrogen and oxygen atoms in total. The van der Waals surface area contributed by atoms with Crippen molar-refractivity contribution in [2.75, 3.05) is 19.6 Å².